The Morgan fingerprint density at radius 1 is 1.50 bits per heavy atom. The van der Waals surface area contributed by atoms with Gasteiger partial charge in [0.2, 0.25) is 0 Å². The third-order valence-electron chi connectivity index (χ3n) is 1.56. The molecule has 1 aromatic rings. The van der Waals surface area contributed by atoms with Crippen LogP contribution in [0.1, 0.15) is 0 Å². The summed E-state index contributed by atoms with van der Waals surface area (Å²) in [6, 6.07) is 3.36. The van der Waals surface area contributed by atoms with Crippen LogP contribution in [0.5, 0.6) is 5.75 Å². The molecule has 0 saturated heterocycles. The Kier molecular flexibility index (Phi) is 4.36. The van der Waals surface area contributed by atoms with Gasteiger partial charge in [0.1, 0.15) is 18.2 Å². The third kappa shape index (κ3) is 3.93. The van der Waals surface area contributed by atoms with Gasteiger partial charge in [0.15, 0.2) is 5.11 Å². The van der Waals surface area contributed by atoms with Gasteiger partial charge in [-0.25, -0.2) is 13.2 Å². The van der Waals surface area contributed by atoms with Crippen LogP contribution in [0.25, 0.3) is 0 Å². The van der Waals surface area contributed by atoms with Crippen molar-refractivity contribution in [2.45, 2.75) is 6.43 Å². The Morgan fingerprint density at radius 2 is 2.19 bits per heavy atom. The zero-order valence-corrected chi connectivity index (χ0v) is 8.86. The number of anilines is 1. The van der Waals surface area contributed by atoms with E-state index in [9.17, 15) is 13.2 Å². The second-order valence-electron chi connectivity index (χ2n) is 2.83. The van der Waals surface area contributed by atoms with Crippen LogP contribution in [0.2, 0.25) is 0 Å². The zero-order chi connectivity index (χ0) is 12.1. The summed E-state index contributed by atoms with van der Waals surface area (Å²) in [4.78, 5) is 0. The van der Waals surface area contributed by atoms with Gasteiger partial charge in [-0.1, -0.05) is 0 Å². The normalized spacial score (nSPS) is 10.2. The van der Waals surface area contributed by atoms with Crippen LogP contribution in [0.15, 0.2) is 18.2 Å². The Hall–Kier alpha value is -1.50. The molecule has 0 atom stereocenters. The lowest BCUT2D eigenvalue weighted by atomic mass is 10.3. The first kappa shape index (κ1) is 12.6. The van der Waals surface area contributed by atoms with Crippen molar-refractivity contribution in [2.24, 2.45) is 5.73 Å². The minimum Gasteiger partial charge on any atom is -0.485 e. The molecule has 88 valence electrons. The number of ether oxygens (including phenoxy) is 1. The molecule has 0 radical (unpaired) electrons. The van der Waals surface area contributed by atoms with Crippen LogP contribution in [0, 0.1) is 5.82 Å². The summed E-state index contributed by atoms with van der Waals surface area (Å²) in [7, 11) is 0. The lowest BCUT2D eigenvalue weighted by Crippen LogP contribution is -2.20. The highest BCUT2D eigenvalue weighted by atomic mass is 32.1. The van der Waals surface area contributed by atoms with Gasteiger partial charge in [0.05, 0.1) is 5.69 Å². The first-order valence-electron chi connectivity index (χ1n) is 4.26. The largest absolute Gasteiger partial charge is 0.485 e. The average Bonchev–Trinajstić information content (AvgIpc) is 2.15. The Balaban J connectivity index is 2.84. The van der Waals surface area contributed by atoms with Gasteiger partial charge in [0, 0.05) is 6.07 Å². The predicted octanol–water partition coefficient (Wildman–Crippen LogP) is 2.13. The molecule has 0 bridgehead atoms. The molecule has 1 rings (SSSR count). The van der Waals surface area contributed by atoms with Crippen molar-refractivity contribution in [2.75, 3.05) is 11.9 Å². The van der Waals surface area contributed by atoms with Crippen molar-refractivity contribution >= 4 is 23.0 Å². The number of nitrogens with two attached hydrogens (primary N) is 1. The van der Waals surface area contributed by atoms with Crippen LogP contribution >= 0.6 is 12.2 Å². The van der Waals surface area contributed by atoms with Crippen LogP contribution in [0.4, 0.5) is 18.9 Å². The highest BCUT2D eigenvalue weighted by Gasteiger charge is 2.09. The van der Waals surface area contributed by atoms with Gasteiger partial charge < -0.3 is 15.8 Å². The summed E-state index contributed by atoms with van der Waals surface area (Å²) in [5, 5.41) is 2.33. The Labute approximate surface area is 95.4 Å². The highest BCUT2D eigenvalue weighted by molar-refractivity contribution is 7.80. The molecular weight excluding hydrogens is 241 g/mol. The molecule has 0 aliphatic rings. The number of alkyl halides is 2. The molecular formula is C9H9F3N2OS. The van der Waals surface area contributed by atoms with Gasteiger partial charge in [-0.15, -0.1) is 0 Å². The smallest absolute Gasteiger partial charge is 0.272 e. The SMILES string of the molecule is NC(=S)Nc1cc(F)ccc1OCC(F)F. The maximum atomic E-state index is 12.9. The van der Waals surface area contributed by atoms with Gasteiger partial charge in [0.25, 0.3) is 6.43 Å². The molecule has 0 aliphatic heterocycles. The van der Waals surface area contributed by atoms with E-state index in [1.807, 2.05) is 0 Å². The first-order valence-corrected chi connectivity index (χ1v) is 4.67. The van der Waals surface area contributed by atoms with E-state index < -0.39 is 18.8 Å². The zero-order valence-electron chi connectivity index (χ0n) is 8.04. The molecule has 0 amide bonds. The van der Waals surface area contributed by atoms with Crippen LogP contribution in [0.3, 0.4) is 0 Å². The number of hydrogen-bond donors (Lipinski definition) is 2. The van der Waals surface area contributed by atoms with Crippen LogP contribution in [-0.2, 0) is 0 Å². The summed E-state index contributed by atoms with van der Waals surface area (Å²) < 4.78 is 41.5. The van der Waals surface area contributed by atoms with Gasteiger partial charge in [-0.05, 0) is 24.4 Å². The second-order valence-corrected chi connectivity index (χ2v) is 3.27. The number of benzene rings is 1. The molecule has 7 heteroatoms. The van der Waals surface area contributed by atoms with E-state index in [2.05, 4.69) is 17.5 Å². The van der Waals surface area contributed by atoms with Crippen molar-refractivity contribution in [3.63, 3.8) is 0 Å². The lowest BCUT2D eigenvalue weighted by molar-refractivity contribution is 0.0822. The number of nitrogens with one attached hydrogen (secondary N) is 1. The standard InChI is InChI=1S/C9H9F3N2OS/c10-5-1-2-7(15-4-8(11)12)6(3-5)14-9(13)16/h1-3,8H,4H2,(H3,13,14,16). The molecule has 1 aromatic carbocycles. The molecule has 0 aliphatic carbocycles. The quantitative estimate of drug-likeness (QED) is 0.804. The molecule has 0 fully saturated rings. The molecule has 0 spiro atoms. The minimum atomic E-state index is -2.61. The van der Waals surface area contributed by atoms with E-state index in [1.54, 1.807) is 0 Å². The van der Waals surface area contributed by atoms with E-state index in [1.165, 1.54) is 6.07 Å². The summed E-state index contributed by atoms with van der Waals surface area (Å²) >= 11 is 4.56. The van der Waals surface area contributed by atoms with Crippen LogP contribution < -0.4 is 15.8 Å². The first-order chi connectivity index (χ1) is 7.49. The Morgan fingerprint density at radius 3 is 2.75 bits per heavy atom. The monoisotopic (exact) mass is 250 g/mol. The van der Waals surface area contributed by atoms with Crippen molar-refractivity contribution < 1.29 is 17.9 Å². The average molecular weight is 250 g/mol. The van der Waals surface area contributed by atoms with E-state index in [0.29, 0.717) is 0 Å². The maximum Gasteiger partial charge on any atom is 0.272 e. The molecule has 3 N–H and O–H groups in total. The predicted molar refractivity (Wildman–Crippen MR) is 58.3 cm³/mol. The lowest BCUT2D eigenvalue weighted by Gasteiger charge is -2.12. The van der Waals surface area contributed by atoms with Crippen molar-refractivity contribution in [3.05, 3.63) is 24.0 Å². The number of rotatable bonds is 4. The van der Waals surface area contributed by atoms with Crippen molar-refractivity contribution in [1.29, 1.82) is 0 Å². The fraction of sp³-hybridized carbons (Fsp3) is 0.222. The highest BCUT2D eigenvalue weighted by Crippen LogP contribution is 2.25. The van der Waals surface area contributed by atoms with E-state index in [-0.39, 0.29) is 16.5 Å². The van der Waals surface area contributed by atoms with Gasteiger partial charge in [-0.2, -0.15) is 0 Å². The number of thiocarbonyl (C=S) groups is 1. The van der Waals surface area contributed by atoms with Crippen molar-refractivity contribution in [1.82, 2.24) is 0 Å². The summed E-state index contributed by atoms with van der Waals surface area (Å²) in [6.07, 6.45) is -2.61. The third-order valence-corrected chi connectivity index (χ3v) is 1.67. The molecule has 0 saturated carbocycles. The number of hydrogen-bond acceptors (Lipinski definition) is 2. The molecule has 16 heavy (non-hydrogen) atoms. The molecule has 0 heterocycles. The van der Waals surface area contributed by atoms with E-state index >= 15 is 0 Å². The Bertz CT molecular complexity index is 387. The molecule has 0 unspecified atom stereocenters. The van der Waals surface area contributed by atoms with E-state index in [0.717, 1.165) is 12.1 Å². The summed E-state index contributed by atoms with van der Waals surface area (Å²) in [5.74, 6) is -0.488. The second kappa shape index (κ2) is 5.55. The molecule has 0 aromatic heterocycles. The number of halogens is 3. The fourth-order valence-corrected chi connectivity index (χ4v) is 1.12. The topological polar surface area (TPSA) is 47.3 Å². The minimum absolute atomic E-state index is 0.0644. The van der Waals surface area contributed by atoms with E-state index in [4.69, 9.17) is 10.5 Å². The summed E-state index contributed by atoms with van der Waals surface area (Å²) in [5.41, 5.74) is 5.31. The van der Waals surface area contributed by atoms with Crippen LogP contribution in [-0.4, -0.2) is 18.1 Å². The maximum absolute atomic E-state index is 12.9. The molecule has 3 nitrogen and oxygen atoms in total. The van der Waals surface area contributed by atoms with Gasteiger partial charge in [-0.3, -0.25) is 0 Å². The fourth-order valence-electron chi connectivity index (χ4n) is 1.01. The van der Waals surface area contributed by atoms with Crippen molar-refractivity contribution in [3.8, 4) is 5.75 Å². The summed E-state index contributed by atoms with van der Waals surface area (Å²) in [6.45, 7) is -0.780. The van der Waals surface area contributed by atoms with Gasteiger partial charge >= 0.3 is 0 Å².